The van der Waals surface area contributed by atoms with E-state index in [1.807, 2.05) is 6.07 Å². The zero-order chi connectivity index (χ0) is 14.9. The molecule has 0 radical (unpaired) electrons. The third kappa shape index (κ3) is 2.84. The number of hydrogen-bond acceptors (Lipinski definition) is 3. The maximum absolute atomic E-state index is 6.34. The van der Waals surface area contributed by atoms with Gasteiger partial charge < -0.3 is 14.8 Å². The van der Waals surface area contributed by atoms with Gasteiger partial charge in [-0.3, -0.25) is 0 Å². The Kier molecular flexibility index (Phi) is 4.01. The third-order valence-corrected chi connectivity index (χ3v) is 5.29. The second kappa shape index (κ2) is 6.13. The molecule has 1 aromatic carbocycles. The highest BCUT2D eigenvalue weighted by Gasteiger charge is 2.34. The van der Waals surface area contributed by atoms with Crippen LogP contribution in [0.2, 0.25) is 5.02 Å². The van der Waals surface area contributed by atoms with E-state index in [1.54, 1.807) is 0 Å². The van der Waals surface area contributed by atoms with Crippen molar-refractivity contribution in [3.05, 3.63) is 34.9 Å². The van der Waals surface area contributed by atoms with Crippen molar-refractivity contribution in [1.82, 2.24) is 5.32 Å². The number of benzene rings is 1. The summed E-state index contributed by atoms with van der Waals surface area (Å²) in [4.78, 5) is 0. The first-order valence-electron chi connectivity index (χ1n) is 8.26. The number of ether oxygens (including phenoxy) is 2. The summed E-state index contributed by atoms with van der Waals surface area (Å²) in [7, 11) is 0. The molecule has 1 heterocycles. The molecule has 3 nitrogen and oxygen atoms in total. The van der Waals surface area contributed by atoms with E-state index in [9.17, 15) is 0 Å². The molecule has 4 heteroatoms. The van der Waals surface area contributed by atoms with Crippen LogP contribution < -0.4 is 14.8 Å². The van der Waals surface area contributed by atoms with Crippen LogP contribution in [-0.2, 0) is 6.54 Å². The molecule has 1 aliphatic heterocycles. The average molecular weight is 320 g/mol. The lowest BCUT2D eigenvalue weighted by molar-refractivity contribution is 0.297. The van der Waals surface area contributed by atoms with Gasteiger partial charge in [0.05, 0.1) is 18.2 Å². The maximum Gasteiger partial charge on any atom is 0.179 e. The van der Waals surface area contributed by atoms with Crippen molar-refractivity contribution in [2.24, 2.45) is 17.8 Å². The van der Waals surface area contributed by atoms with E-state index in [0.717, 1.165) is 48.6 Å². The Bertz CT molecular complexity index is 587. The summed E-state index contributed by atoms with van der Waals surface area (Å²) in [6.07, 6.45) is 8.41. The van der Waals surface area contributed by atoms with E-state index in [0.29, 0.717) is 24.0 Å². The van der Waals surface area contributed by atoms with Crippen molar-refractivity contribution < 1.29 is 9.47 Å². The molecular formula is C18H22ClNO2. The molecule has 0 saturated heterocycles. The van der Waals surface area contributed by atoms with Crippen LogP contribution in [0.15, 0.2) is 24.3 Å². The molecule has 1 N–H and O–H groups in total. The molecule has 0 aromatic heterocycles. The van der Waals surface area contributed by atoms with Gasteiger partial charge in [-0.25, -0.2) is 0 Å². The van der Waals surface area contributed by atoms with Crippen molar-refractivity contribution >= 4 is 11.6 Å². The lowest BCUT2D eigenvalue weighted by Gasteiger charge is -2.19. The van der Waals surface area contributed by atoms with E-state index in [2.05, 4.69) is 23.5 Å². The monoisotopic (exact) mass is 319 g/mol. The predicted octanol–water partition coefficient (Wildman–Crippen LogP) is 3.80. The highest BCUT2D eigenvalue weighted by Crippen LogP contribution is 2.43. The second-order valence-corrected chi connectivity index (χ2v) is 7.03. The van der Waals surface area contributed by atoms with Crippen LogP contribution in [0.1, 0.15) is 24.8 Å². The molecular weight excluding hydrogens is 298 g/mol. The number of fused-ring (bicyclic) bond motifs is 3. The molecule has 118 valence electrons. The molecule has 4 rings (SSSR count). The summed E-state index contributed by atoms with van der Waals surface area (Å²) in [5.41, 5.74) is 1.16. The summed E-state index contributed by atoms with van der Waals surface area (Å²) in [6, 6.07) is 4.04. The van der Waals surface area contributed by atoms with Crippen LogP contribution in [-0.4, -0.2) is 19.8 Å². The Labute approximate surface area is 136 Å². The Morgan fingerprint density at radius 1 is 1.14 bits per heavy atom. The number of hydrogen-bond donors (Lipinski definition) is 1. The van der Waals surface area contributed by atoms with Crippen molar-refractivity contribution in [2.45, 2.75) is 25.8 Å². The Morgan fingerprint density at radius 2 is 2.05 bits per heavy atom. The number of nitrogens with one attached hydrogen (secondary N) is 1. The minimum Gasteiger partial charge on any atom is -0.489 e. The topological polar surface area (TPSA) is 30.5 Å². The van der Waals surface area contributed by atoms with Gasteiger partial charge in [-0.1, -0.05) is 23.8 Å². The zero-order valence-corrected chi connectivity index (χ0v) is 13.4. The van der Waals surface area contributed by atoms with Gasteiger partial charge in [0.15, 0.2) is 11.5 Å². The van der Waals surface area contributed by atoms with Gasteiger partial charge in [0, 0.05) is 13.0 Å². The van der Waals surface area contributed by atoms with Crippen molar-refractivity contribution in [2.75, 3.05) is 19.8 Å². The average Bonchev–Trinajstić information content (AvgIpc) is 3.04. The normalized spacial score (nSPS) is 28.9. The van der Waals surface area contributed by atoms with E-state index in [4.69, 9.17) is 21.1 Å². The third-order valence-electron chi connectivity index (χ3n) is 5.01. The van der Waals surface area contributed by atoms with Gasteiger partial charge in [0.25, 0.3) is 0 Å². The fourth-order valence-corrected chi connectivity index (χ4v) is 4.21. The van der Waals surface area contributed by atoms with E-state index in [-0.39, 0.29) is 0 Å². The highest BCUT2D eigenvalue weighted by molar-refractivity contribution is 6.32. The fraction of sp³-hybridized carbons (Fsp3) is 0.556. The summed E-state index contributed by atoms with van der Waals surface area (Å²) in [6.45, 7) is 3.27. The Morgan fingerprint density at radius 3 is 2.86 bits per heavy atom. The van der Waals surface area contributed by atoms with Gasteiger partial charge in [-0.15, -0.1) is 0 Å². The van der Waals surface area contributed by atoms with Gasteiger partial charge in [0.2, 0.25) is 0 Å². The summed E-state index contributed by atoms with van der Waals surface area (Å²) >= 11 is 6.34. The van der Waals surface area contributed by atoms with Gasteiger partial charge in [-0.2, -0.15) is 0 Å². The molecule has 2 aliphatic carbocycles. The first kappa shape index (κ1) is 14.4. The molecule has 3 atom stereocenters. The summed E-state index contributed by atoms with van der Waals surface area (Å²) in [5, 5.41) is 4.24. The molecule has 1 saturated carbocycles. The molecule has 1 aromatic rings. The minimum atomic E-state index is 0.652. The second-order valence-electron chi connectivity index (χ2n) is 6.63. The predicted molar refractivity (Wildman–Crippen MR) is 87.6 cm³/mol. The number of allylic oxidation sites excluding steroid dienone is 2. The van der Waals surface area contributed by atoms with Gasteiger partial charge >= 0.3 is 0 Å². The van der Waals surface area contributed by atoms with Gasteiger partial charge in [0.1, 0.15) is 0 Å². The van der Waals surface area contributed by atoms with Crippen molar-refractivity contribution in [3.63, 3.8) is 0 Å². The molecule has 22 heavy (non-hydrogen) atoms. The van der Waals surface area contributed by atoms with Crippen LogP contribution in [0, 0.1) is 17.8 Å². The number of halogens is 1. The van der Waals surface area contributed by atoms with Crippen LogP contribution in [0.5, 0.6) is 11.5 Å². The standard InChI is InChI=1S/C18H22ClNO2/c19-16-8-13(9-17-18(16)22-5-1-4-21-17)10-20-11-15-7-12-2-3-14(15)6-12/h2-3,8-9,12,14-15,20H,1,4-7,10-11H2. The first-order valence-corrected chi connectivity index (χ1v) is 8.64. The fourth-order valence-electron chi connectivity index (χ4n) is 3.92. The van der Waals surface area contributed by atoms with Gasteiger partial charge in [-0.05, 0) is 54.8 Å². The lowest BCUT2D eigenvalue weighted by Crippen LogP contribution is -2.25. The highest BCUT2D eigenvalue weighted by atomic mass is 35.5. The SMILES string of the molecule is Clc1cc(CNCC2CC3C=CC2C3)cc2c1OCCCO2. The summed E-state index contributed by atoms with van der Waals surface area (Å²) < 4.78 is 11.4. The van der Waals surface area contributed by atoms with Crippen LogP contribution >= 0.6 is 11.6 Å². The van der Waals surface area contributed by atoms with Crippen LogP contribution in [0.25, 0.3) is 0 Å². The molecule has 0 spiro atoms. The van der Waals surface area contributed by atoms with Crippen molar-refractivity contribution in [1.29, 1.82) is 0 Å². The first-order chi connectivity index (χ1) is 10.8. The molecule has 0 amide bonds. The zero-order valence-electron chi connectivity index (χ0n) is 12.7. The molecule has 3 unspecified atom stereocenters. The Hall–Kier alpha value is -1.19. The largest absolute Gasteiger partial charge is 0.489 e. The lowest BCUT2D eigenvalue weighted by atomic mass is 9.93. The molecule has 1 fully saturated rings. The minimum absolute atomic E-state index is 0.652. The van der Waals surface area contributed by atoms with E-state index < -0.39 is 0 Å². The number of rotatable bonds is 4. The Balaban J connectivity index is 1.37. The van der Waals surface area contributed by atoms with Crippen molar-refractivity contribution in [3.8, 4) is 11.5 Å². The summed E-state index contributed by atoms with van der Waals surface area (Å²) in [5.74, 6) is 3.91. The van der Waals surface area contributed by atoms with E-state index in [1.165, 1.54) is 12.8 Å². The quantitative estimate of drug-likeness (QED) is 0.856. The smallest absolute Gasteiger partial charge is 0.179 e. The molecule has 3 aliphatic rings. The van der Waals surface area contributed by atoms with Crippen LogP contribution in [0.3, 0.4) is 0 Å². The van der Waals surface area contributed by atoms with E-state index >= 15 is 0 Å². The van der Waals surface area contributed by atoms with Crippen LogP contribution in [0.4, 0.5) is 0 Å². The molecule has 2 bridgehead atoms. The maximum atomic E-state index is 6.34.